The van der Waals surface area contributed by atoms with Crippen molar-refractivity contribution in [2.24, 2.45) is 5.41 Å². The lowest BCUT2D eigenvalue weighted by Gasteiger charge is -2.38. The van der Waals surface area contributed by atoms with Gasteiger partial charge in [-0.15, -0.1) is 0 Å². The summed E-state index contributed by atoms with van der Waals surface area (Å²) in [6.07, 6.45) is 2.06. The van der Waals surface area contributed by atoms with Gasteiger partial charge in [-0.05, 0) is 44.9 Å². The van der Waals surface area contributed by atoms with E-state index in [-0.39, 0.29) is 17.2 Å². The molecule has 0 unspecified atom stereocenters. The average molecular weight is 385 g/mol. The molecule has 0 atom stereocenters. The quantitative estimate of drug-likeness (QED) is 0.814. The molecule has 3 heterocycles. The maximum absolute atomic E-state index is 13.4. The third kappa shape index (κ3) is 3.41. The van der Waals surface area contributed by atoms with Crippen LogP contribution in [0.15, 0.2) is 28.8 Å². The van der Waals surface area contributed by atoms with Crippen LogP contribution in [0.4, 0.5) is 4.39 Å². The zero-order chi connectivity index (χ0) is 19.9. The monoisotopic (exact) mass is 385 g/mol. The average Bonchev–Trinajstić information content (AvgIpc) is 3.15. The summed E-state index contributed by atoms with van der Waals surface area (Å²) in [5.41, 5.74) is 2.08. The van der Waals surface area contributed by atoms with Gasteiger partial charge in [0.25, 0.3) is 5.91 Å². The van der Waals surface area contributed by atoms with Gasteiger partial charge in [0.1, 0.15) is 11.6 Å². The molecule has 2 fully saturated rings. The van der Waals surface area contributed by atoms with Crippen LogP contribution in [0.25, 0.3) is 0 Å². The molecule has 0 N–H and O–H groups in total. The second-order valence-corrected chi connectivity index (χ2v) is 8.03. The number of piperidine rings is 1. The number of aryl methyl sites for hydroxylation is 2. The van der Waals surface area contributed by atoms with Crippen molar-refractivity contribution in [1.29, 1.82) is 0 Å². The molecule has 2 aliphatic rings. The fourth-order valence-corrected chi connectivity index (χ4v) is 4.37. The number of aromatic nitrogens is 1. The molecule has 6 nitrogen and oxygen atoms in total. The molecule has 2 aliphatic heterocycles. The van der Waals surface area contributed by atoms with Crippen LogP contribution in [0, 0.1) is 25.1 Å². The van der Waals surface area contributed by atoms with Crippen molar-refractivity contribution in [2.45, 2.75) is 39.7 Å². The van der Waals surface area contributed by atoms with E-state index >= 15 is 0 Å². The van der Waals surface area contributed by atoms with Crippen molar-refractivity contribution in [3.63, 3.8) is 0 Å². The Hall–Kier alpha value is -2.70. The number of rotatable bonds is 3. The molecule has 2 amide bonds. The van der Waals surface area contributed by atoms with E-state index in [0.29, 0.717) is 38.2 Å². The number of nitrogens with zero attached hydrogens (tertiary/aromatic N) is 3. The number of hydrogen-bond acceptors (Lipinski definition) is 4. The van der Waals surface area contributed by atoms with Crippen molar-refractivity contribution in [3.8, 4) is 0 Å². The van der Waals surface area contributed by atoms with Crippen LogP contribution in [0.1, 0.15) is 46.6 Å². The molecule has 1 aromatic carbocycles. The molecule has 28 heavy (non-hydrogen) atoms. The van der Waals surface area contributed by atoms with Crippen molar-refractivity contribution in [3.05, 3.63) is 52.7 Å². The van der Waals surface area contributed by atoms with E-state index in [1.54, 1.807) is 17.0 Å². The summed E-state index contributed by atoms with van der Waals surface area (Å²) < 4.78 is 18.6. The summed E-state index contributed by atoms with van der Waals surface area (Å²) in [4.78, 5) is 28.9. The third-order valence-electron chi connectivity index (χ3n) is 6.12. The highest BCUT2D eigenvalue weighted by Crippen LogP contribution is 2.42. The fraction of sp³-hybridized carbons (Fsp3) is 0.476. The van der Waals surface area contributed by atoms with Crippen LogP contribution < -0.4 is 0 Å². The maximum atomic E-state index is 13.4. The van der Waals surface area contributed by atoms with Crippen LogP contribution in [0.3, 0.4) is 0 Å². The third-order valence-corrected chi connectivity index (χ3v) is 6.12. The molecule has 1 aromatic heterocycles. The van der Waals surface area contributed by atoms with Gasteiger partial charge in [-0.2, -0.15) is 0 Å². The lowest BCUT2D eigenvalue weighted by molar-refractivity contribution is -0.128. The molecule has 0 radical (unpaired) electrons. The molecule has 2 aromatic rings. The zero-order valence-corrected chi connectivity index (χ0v) is 16.2. The highest BCUT2D eigenvalue weighted by atomic mass is 19.1. The number of carbonyl (C=O) groups excluding carboxylic acids is 2. The van der Waals surface area contributed by atoms with E-state index in [0.717, 1.165) is 29.9 Å². The van der Waals surface area contributed by atoms with E-state index in [4.69, 9.17) is 4.52 Å². The second-order valence-electron chi connectivity index (χ2n) is 8.03. The first kappa shape index (κ1) is 18.7. The standard InChI is InChI=1S/C21H24FN3O3/c1-14-18(15(2)28-23-14)12-25-13-21(11-19(25)26)6-8-24(9-7-21)20(27)16-4-3-5-17(22)10-16/h3-5,10H,6-9,11-13H2,1-2H3. The largest absolute Gasteiger partial charge is 0.361 e. The van der Waals surface area contributed by atoms with Crippen molar-refractivity contribution in [1.82, 2.24) is 15.0 Å². The molecule has 4 rings (SSSR count). The van der Waals surface area contributed by atoms with Gasteiger partial charge in [0.2, 0.25) is 5.91 Å². The minimum absolute atomic E-state index is 0.0885. The molecule has 7 heteroatoms. The number of carbonyl (C=O) groups is 2. The first-order valence-corrected chi connectivity index (χ1v) is 9.61. The van der Waals surface area contributed by atoms with Crippen LogP contribution in [-0.2, 0) is 11.3 Å². The lowest BCUT2D eigenvalue weighted by Crippen LogP contribution is -2.44. The summed E-state index contributed by atoms with van der Waals surface area (Å²) in [7, 11) is 0. The smallest absolute Gasteiger partial charge is 0.253 e. The lowest BCUT2D eigenvalue weighted by atomic mass is 9.77. The zero-order valence-electron chi connectivity index (χ0n) is 16.2. The van der Waals surface area contributed by atoms with Gasteiger partial charge in [0.15, 0.2) is 0 Å². The first-order valence-electron chi connectivity index (χ1n) is 9.61. The predicted molar refractivity (Wildman–Crippen MR) is 100.0 cm³/mol. The Morgan fingerprint density at radius 2 is 2.04 bits per heavy atom. The number of benzene rings is 1. The van der Waals surface area contributed by atoms with E-state index in [1.165, 1.54) is 12.1 Å². The Morgan fingerprint density at radius 1 is 1.29 bits per heavy atom. The van der Waals surface area contributed by atoms with Gasteiger partial charge in [-0.1, -0.05) is 11.2 Å². The van der Waals surface area contributed by atoms with Crippen molar-refractivity contribution in [2.75, 3.05) is 19.6 Å². The van der Waals surface area contributed by atoms with E-state index in [1.807, 2.05) is 18.7 Å². The SMILES string of the molecule is Cc1noc(C)c1CN1CC2(CCN(C(=O)c3cccc(F)c3)CC2)CC1=O. The van der Waals surface area contributed by atoms with Gasteiger partial charge in [-0.3, -0.25) is 9.59 Å². The van der Waals surface area contributed by atoms with Crippen LogP contribution >= 0.6 is 0 Å². The minimum atomic E-state index is -0.407. The van der Waals surface area contributed by atoms with Crippen molar-refractivity contribution < 1.29 is 18.5 Å². The van der Waals surface area contributed by atoms with Crippen LogP contribution in [0.5, 0.6) is 0 Å². The molecule has 0 saturated carbocycles. The van der Waals surface area contributed by atoms with Gasteiger partial charge >= 0.3 is 0 Å². The molecule has 1 spiro atoms. The summed E-state index contributed by atoms with van der Waals surface area (Å²) in [5, 5.41) is 3.97. The van der Waals surface area contributed by atoms with Crippen LogP contribution in [-0.4, -0.2) is 46.4 Å². The summed E-state index contributed by atoms with van der Waals surface area (Å²) in [6.45, 7) is 6.13. The topological polar surface area (TPSA) is 66.7 Å². The molecule has 148 valence electrons. The van der Waals surface area contributed by atoms with E-state index in [9.17, 15) is 14.0 Å². The minimum Gasteiger partial charge on any atom is -0.361 e. The van der Waals surface area contributed by atoms with Gasteiger partial charge in [0.05, 0.1) is 12.2 Å². The molecule has 0 aliphatic carbocycles. The Bertz CT molecular complexity index is 896. The summed E-state index contributed by atoms with van der Waals surface area (Å²) in [6, 6.07) is 5.80. The molecule has 2 saturated heterocycles. The first-order chi connectivity index (χ1) is 13.4. The van der Waals surface area contributed by atoms with Gasteiger partial charge in [-0.25, -0.2) is 4.39 Å². The van der Waals surface area contributed by atoms with Gasteiger partial charge < -0.3 is 14.3 Å². The Balaban J connectivity index is 1.40. The number of likely N-dealkylation sites (tertiary alicyclic amines) is 2. The number of amides is 2. The Morgan fingerprint density at radius 3 is 2.68 bits per heavy atom. The maximum Gasteiger partial charge on any atom is 0.253 e. The Labute approximate surface area is 163 Å². The molecular formula is C21H24FN3O3. The second kappa shape index (κ2) is 7.04. The molecular weight excluding hydrogens is 361 g/mol. The number of halogens is 1. The number of hydrogen-bond donors (Lipinski definition) is 0. The van der Waals surface area contributed by atoms with E-state index in [2.05, 4.69) is 5.16 Å². The summed E-state index contributed by atoms with van der Waals surface area (Å²) >= 11 is 0. The predicted octanol–water partition coefficient (Wildman–Crippen LogP) is 3.09. The van der Waals surface area contributed by atoms with Crippen molar-refractivity contribution >= 4 is 11.8 Å². The highest BCUT2D eigenvalue weighted by molar-refractivity contribution is 5.94. The fourth-order valence-electron chi connectivity index (χ4n) is 4.37. The Kier molecular flexibility index (Phi) is 4.69. The van der Waals surface area contributed by atoms with Gasteiger partial charge in [0, 0.05) is 42.6 Å². The normalized spacial score (nSPS) is 18.9. The van der Waals surface area contributed by atoms with Crippen LogP contribution in [0.2, 0.25) is 0 Å². The highest BCUT2D eigenvalue weighted by Gasteiger charge is 2.45. The summed E-state index contributed by atoms with van der Waals surface area (Å²) in [5.74, 6) is 0.341. The molecule has 0 bridgehead atoms. The van der Waals surface area contributed by atoms with E-state index < -0.39 is 5.82 Å².